The zero-order chi connectivity index (χ0) is 9.80. The van der Waals surface area contributed by atoms with Crippen LogP contribution in [0.5, 0.6) is 0 Å². The van der Waals surface area contributed by atoms with Crippen LogP contribution in [0.25, 0.3) is 0 Å². The molecule has 1 aliphatic carbocycles. The summed E-state index contributed by atoms with van der Waals surface area (Å²) in [6.07, 6.45) is 9.13. The fourth-order valence-corrected chi connectivity index (χ4v) is 2.86. The normalized spacial score (nSPS) is 20.9. The molecule has 1 aromatic heterocycles. The molecule has 1 aliphatic rings. The van der Waals surface area contributed by atoms with Gasteiger partial charge in [-0.15, -0.1) is 11.3 Å². The molecule has 1 N–H and O–H groups in total. The van der Waals surface area contributed by atoms with Crippen LogP contribution in [0.15, 0.2) is 11.7 Å². The summed E-state index contributed by atoms with van der Waals surface area (Å²) in [6, 6.07) is 0. The van der Waals surface area contributed by atoms with E-state index in [1.165, 1.54) is 32.1 Å². The van der Waals surface area contributed by atoms with Crippen LogP contribution < -0.4 is 0 Å². The lowest BCUT2D eigenvalue weighted by Gasteiger charge is -2.23. The predicted molar refractivity (Wildman–Crippen MR) is 58.3 cm³/mol. The Balaban J connectivity index is 1.84. The number of rotatable bonds is 3. The lowest BCUT2D eigenvalue weighted by molar-refractivity contribution is 0.134. The predicted octanol–water partition coefficient (Wildman–Crippen LogP) is 3.15. The number of aliphatic hydroxyl groups excluding tert-OH is 1. The van der Waals surface area contributed by atoms with Crippen LogP contribution >= 0.6 is 11.3 Å². The maximum absolute atomic E-state index is 9.93. The van der Waals surface area contributed by atoms with E-state index in [1.807, 2.05) is 0 Å². The average Bonchev–Trinajstić information content (AvgIpc) is 2.72. The quantitative estimate of drug-likeness (QED) is 0.833. The van der Waals surface area contributed by atoms with Gasteiger partial charge in [-0.1, -0.05) is 32.1 Å². The molecule has 0 spiro atoms. The van der Waals surface area contributed by atoms with Crippen LogP contribution in [0, 0.1) is 5.92 Å². The molecular weight excluding hydrogens is 194 g/mol. The Bertz CT molecular complexity index is 254. The molecular formula is C11H17NOS. The SMILES string of the molecule is OC(CC1CCCCC1)c1cncs1. The van der Waals surface area contributed by atoms with Gasteiger partial charge in [0.2, 0.25) is 0 Å². The first-order valence-electron chi connectivity index (χ1n) is 5.42. The van der Waals surface area contributed by atoms with Gasteiger partial charge in [-0.3, -0.25) is 4.98 Å². The monoisotopic (exact) mass is 211 g/mol. The molecule has 2 nitrogen and oxygen atoms in total. The highest BCUT2D eigenvalue weighted by molar-refractivity contribution is 7.09. The first-order valence-corrected chi connectivity index (χ1v) is 6.30. The molecule has 0 radical (unpaired) electrons. The molecule has 3 heteroatoms. The Morgan fingerprint density at radius 3 is 2.86 bits per heavy atom. The number of aliphatic hydroxyl groups is 1. The Labute approximate surface area is 89.0 Å². The van der Waals surface area contributed by atoms with Gasteiger partial charge in [0.15, 0.2) is 0 Å². The number of aromatic nitrogens is 1. The second-order valence-electron chi connectivity index (χ2n) is 4.16. The third-order valence-corrected chi connectivity index (χ3v) is 3.94. The number of nitrogens with zero attached hydrogens (tertiary/aromatic N) is 1. The molecule has 1 unspecified atom stereocenters. The molecule has 1 saturated carbocycles. The largest absolute Gasteiger partial charge is 0.388 e. The van der Waals surface area contributed by atoms with Crippen molar-refractivity contribution in [3.8, 4) is 0 Å². The van der Waals surface area contributed by atoms with Crippen LogP contribution in [-0.2, 0) is 0 Å². The Morgan fingerprint density at radius 2 is 2.21 bits per heavy atom. The third kappa shape index (κ3) is 2.55. The van der Waals surface area contributed by atoms with Crippen molar-refractivity contribution in [3.05, 3.63) is 16.6 Å². The van der Waals surface area contributed by atoms with E-state index >= 15 is 0 Å². The lowest BCUT2D eigenvalue weighted by Crippen LogP contribution is -2.10. The summed E-state index contributed by atoms with van der Waals surface area (Å²) in [4.78, 5) is 5.02. The fourth-order valence-electron chi connectivity index (χ4n) is 2.24. The van der Waals surface area contributed by atoms with Crippen LogP contribution in [0.2, 0.25) is 0 Å². The van der Waals surface area contributed by atoms with Crippen molar-refractivity contribution in [2.75, 3.05) is 0 Å². The first kappa shape index (κ1) is 10.1. The zero-order valence-corrected chi connectivity index (χ0v) is 9.17. The van der Waals surface area contributed by atoms with Gasteiger partial charge in [0.05, 0.1) is 16.5 Å². The summed E-state index contributed by atoms with van der Waals surface area (Å²) in [7, 11) is 0. The van der Waals surface area contributed by atoms with Gasteiger partial charge >= 0.3 is 0 Å². The van der Waals surface area contributed by atoms with E-state index < -0.39 is 0 Å². The van der Waals surface area contributed by atoms with E-state index in [1.54, 1.807) is 23.0 Å². The molecule has 1 atom stereocenters. The second kappa shape index (κ2) is 4.89. The van der Waals surface area contributed by atoms with E-state index in [4.69, 9.17) is 0 Å². The second-order valence-corrected chi connectivity index (χ2v) is 5.08. The van der Waals surface area contributed by atoms with Gasteiger partial charge < -0.3 is 5.11 Å². The van der Waals surface area contributed by atoms with Crippen molar-refractivity contribution >= 4 is 11.3 Å². The van der Waals surface area contributed by atoms with E-state index in [0.717, 1.165) is 17.2 Å². The van der Waals surface area contributed by atoms with Crippen molar-refractivity contribution in [1.82, 2.24) is 4.98 Å². The summed E-state index contributed by atoms with van der Waals surface area (Å²) >= 11 is 1.56. The smallest absolute Gasteiger partial charge is 0.0900 e. The van der Waals surface area contributed by atoms with Gasteiger partial charge in [-0.05, 0) is 12.3 Å². The van der Waals surface area contributed by atoms with Crippen molar-refractivity contribution in [2.45, 2.75) is 44.6 Å². The maximum Gasteiger partial charge on any atom is 0.0900 e. The Kier molecular flexibility index (Phi) is 3.54. The van der Waals surface area contributed by atoms with E-state index in [-0.39, 0.29) is 6.10 Å². The first-order chi connectivity index (χ1) is 6.86. The fraction of sp³-hybridized carbons (Fsp3) is 0.727. The van der Waals surface area contributed by atoms with Crippen molar-refractivity contribution in [3.63, 3.8) is 0 Å². The minimum Gasteiger partial charge on any atom is -0.388 e. The molecule has 1 heterocycles. The van der Waals surface area contributed by atoms with Gasteiger partial charge in [-0.25, -0.2) is 0 Å². The van der Waals surface area contributed by atoms with Crippen LogP contribution in [-0.4, -0.2) is 10.1 Å². The molecule has 1 fully saturated rings. The summed E-state index contributed by atoms with van der Waals surface area (Å²) < 4.78 is 0. The minimum absolute atomic E-state index is 0.273. The van der Waals surface area contributed by atoms with Crippen molar-refractivity contribution in [2.24, 2.45) is 5.92 Å². The zero-order valence-electron chi connectivity index (χ0n) is 8.35. The van der Waals surface area contributed by atoms with E-state index in [0.29, 0.717) is 0 Å². The molecule has 1 aromatic rings. The molecule has 14 heavy (non-hydrogen) atoms. The molecule has 0 bridgehead atoms. The third-order valence-electron chi connectivity index (χ3n) is 3.06. The van der Waals surface area contributed by atoms with Crippen LogP contribution in [0.3, 0.4) is 0 Å². The van der Waals surface area contributed by atoms with Crippen LogP contribution in [0.1, 0.15) is 49.5 Å². The standard InChI is InChI=1S/C11H17NOS/c13-10(11-7-12-8-14-11)6-9-4-2-1-3-5-9/h7-10,13H,1-6H2. The molecule has 0 amide bonds. The Hall–Kier alpha value is -0.410. The van der Waals surface area contributed by atoms with E-state index in [9.17, 15) is 5.11 Å². The summed E-state index contributed by atoms with van der Waals surface area (Å²) in [5.41, 5.74) is 1.79. The van der Waals surface area contributed by atoms with Crippen molar-refractivity contribution < 1.29 is 5.11 Å². The molecule has 0 aliphatic heterocycles. The van der Waals surface area contributed by atoms with Crippen molar-refractivity contribution in [1.29, 1.82) is 0 Å². The highest BCUT2D eigenvalue weighted by Crippen LogP contribution is 2.32. The molecule has 0 aromatic carbocycles. The summed E-state index contributed by atoms with van der Waals surface area (Å²) in [5.74, 6) is 0.737. The van der Waals surface area contributed by atoms with Gasteiger partial charge in [-0.2, -0.15) is 0 Å². The molecule has 0 saturated heterocycles. The number of hydrogen-bond donors (Lipinski definition) is 1. The van der Waals surface area contributed by atoms with Crippen LogP contribution in [0.4, 0.5) is 0 Å². The maximum atomic E-state index is 9.93. The van der Waals surface area contributed by atoms with Gasteiger partial charge in [0.1, 0.15) is 0 Å². The van der Waals surface area contributed by atoms with E-state index in [2.05, 4.69) is 4.98 Å². The topological polar surface area (TPSA) is 33.1 Å². The molecule has 78 valence electrons. The molecule has 2 rings (SSSR count). The van der Waals surface area contributed by atoms with Gasteiger partial charge in [0, 0.05) is 6.20 Å². The lowest BCUT2D eigenvalue weighted by atomic mass is 9.85. The summed E-state index contributed by atoms with van der Waals surface area (Å²) in [6.45, 7) is 0. The van der Waals surface area contributed by atoms with Gasteiger partial charge in [0.25, 0.3) is 0 Å². The highest BCUT2D eigenvalue weighted by Gasteiger charge is 2.19. The number of hydrogen-bond acceptors (Lipinski definition) is 3. The highest BCUT2D eigenvalue weighted by atomic mass is 32.1. The number of thiazole rings is 1. The minimum atomic E-state index is -0.273. The Morgan fingerprint density at radius 1 is 1.43 bits per heavy atom. The average molecular weight is 211 g/mol. The summed E-state index contributed by atoms with van der Waals surface area (Å²) in [5, 5.41) is 9.93.